The largest absolute Gasteiger partial charge is 0.616 e. The molecule has 1 N–H and O–H groups in total. The van der Waals surface area contributed by atoms with Crippen molar-refractivity contribution in [2.45, 2.75) is 15.9 Å². The fourth-order valence-electron chi connectivity index (χ4n) is 2.69. The SMILES string of the molecule is CN(C)c1ccc(NS(=O)(=O)c2cccc(C3=CCC([S+](C)[O-])S3)c2)cc1. The summed E-state index contributed by atoms with van der Waals surface area (Å²) in [6, 6.07) is 14.1. The molecule has 2 aromatic carbocycles. The Morgan fingerprint density at radius 1 is 1.19 bits per heavy atom. The Morgan fingerprint density at radius 2 is 1.89 bits per heavy atom. The molecule has 0 fully saturated rings. The molecule has 0 bridgehead atoms. The molecule has 27 heavy (non-hydrogen) atoms. The monoisotopic (exact) mass is 422 g/mol. The quantitative estimate of drug-likeness (QED) is 0.718. The Labute approximate surface area is 168 Å². The van der Waals surface area contributed by atoms with E-state index in [0.29, 0.717) is 5.69 Å². The minimum absolute atomic E-state index is 0.0357. The second kappa shape index (κ2) is 8.18. The van der Waals surface area contributed by atoms with Gasteiger partial charge in [-0.3, -0.25) is 4.72 Å². The topological polar surface area (TPSA) is 72.5 Å². The van der Waals surface area contributed by atoms with Crippen LogP contribution >= 0.6 is 11.8 Å². The summed E-state index contributed by atoms with van der Waals surface area (Å²) < 4.78 is 39.9. The van der Waals surface area contributed by atoms with Crippen molar-refractivity contribution in [1.82, 2.24) is 0 Å². The molecular weight excluding hydrogens is 400 g/mol. The summed E-state index contributed by atoms with van der Waals surface area (Å²) in [4.78, 5) is 3.13. The second-order valence-electron chi connectivity index (χ2n) is 6.42. The van der Waals surface area contributed by atoms with Gasteiger partial charge in [-0.2, -0.15) is 0 Å². The number of anilines is 2. The zero-order chi connectivity index (χ0) is 19.6. The van der Waals surface area contributed by atoms with Gasteiger partial charge in [0.2, 0.25) is 0 Å². The molecule has 0 saturated carbocycles. The van der Waals surface area contributed by atoms with Crippen molar-refractivity contribution in [3.05, 3.63) is 60.2 Å². The molecule has 0 amide bonds. The van der Waals surface area contributed by atoms with Crippen LogP contribution < -0.4 is 9.62 Å². The lowest BCUT2D eigenvalue weighted by Crippen LogP contribution is -2.14. The summed E-state index contributed by atoms with van der Waals surface area (Å²) in [5.74, 6) is 0. The van der Waals surface area contributed by atoms with E-state index in [9.17, 15) is 13.0 Å². The summed E-state index contributed by atoms with van der Waals surface area (Å²) in [7, 11) is 0.171. The molecule has 1 aliphatic rings. The third kappa shape index (κ3) is 4.82. The number of sulfonamides is 1. The number of nitrogens with zero attached hydrogens (tertiary/aromatic N) is 1. The van der Waals surface area contributed by atoms with Crippen molar-refractivity contribution in [1.29, 1.82) is 0 Å². The fourth-order valence-corrected chi connectivity index (χ4v) is 5.94. The minimum Gasteiger partial charge on any atom is -0.616 e. The van der Waals surface area contributed by atoms with E-state index in [-0.39, 0.29) is 9.48 Å². The van der Waals surface area contributed by atoms with E-state index in [4.69, 9.17) is 0 Å². The van der Waals surface area contributed by atoms with Gasteiger partial charge in [0.1, 0.15) is 0 Å². The van der Waals surface area contributed by atoms with Crippen LogP contribution in [0.25, 0.3) is 4.91 Å². The maximum Gasteiger partial charge on any atom is 0.261 e. The van der Waals surface area contributed by atoms with Crippen molar-refractivity contribution in [3.8, 4) is 0 Å². The van der Waals surface area contributed by atoms with Crippen LogP contribution in [0, 0.1) is 0 Å². The summed E-state index contributed by atoms with van der Waals surface area (Å²) in [5, 5.41) is 0. The molecule has 144 valence electrons. The average Bonchev–Trinajstić information content (AvgIpc) is 3.12. The van der Waals surface area contributed by atoms with Gasteiger partial charge in [0.25, 0.3) is 10.0 Å². The molecule has 2 atom stereocenters. The van der Waals surface area contributed by atoms with Crippen LogP contribution in [-0.2, 0) is 21.2 Å². The zero-order valence-corrected chi connectivity index (χ0v) is 17.8. The smallest absolute Gasteiger partial charge is 0.261 e. The standard InChI is InChI=1S/C19H22N2O3S3/c1-21(2)16-9-7-15(8-10-16)20-27(23,24)17-6-4-5-14(13-17)18-11-12-19(25-18)26(3)22/h4-11,13,19-20H,12H2,1-3H3. The van der Waals surface area contributed by atoms with Gasteiger partial charge in [-0.1, -0.05) is 30.0 Å². The summed E-state index contributed by atoms with van der Waals surface area (Å²) in [6.07, 6.45) is 4.45. The van der Waals surface area contributed by atoms with Gasteiger partial charge in [0.15, 0.2) is 4.58 Å². The number of hydrogen-bond donors (Lipinski definition) is 1. The van der Waals surface area contributed by atoms with Crippen LogP contribution in [0.4, 0.5) is 11.4 Å². The molecule has 1 aliphatic heterocycles. The van der Waals surface area contributed by atoms with Gasteiger partial charge in [0.05, 0.1) is 11.2 Å². The first-order valence-electron chi connectivity index (χ1n) is 8.36. The van der Waals surface area contributed by atoms with Gasteiger partial charge >= 0.3 is 0 Å². The lowest BCUT2D eigenvalue weighted by atomic mass is 10.2. The summed E-state index contributed by atoms with van der Waals surface area (Å²) >= 11 is 0.628. The molecule has 2 aromatic rings. The third-order valence-corrected chi connectivity index (χ3v) is 8.71. The number of nitrogens with one attached hydrogen (secondary N) is 1. The molecule has 5 nitrogen and oxygen atoms in total. The van der Waals surface area contributed by atoms with Gasteiger partial charge in [0, 0.05) is 36.8 Å². The molecule has 1 heterocycles. The highest BCUT2D eigenvalue weighted by atomic mass is 32.3. The number of thioether (sulfide) groups is 1. The molecule has 0 aromatic heterocycles. The highest BCUT2D eigenvalue weighted by molar-refractivity contribution is 8.19. The van der Waals surface area contributed by atoms with Gasteiger partial charge in [-0.05, 0) is 53.1 Å². The van der Waals surface area contributed by atoms with Crippen LogP contribution in [0.1, 0.15) is 12.0 Å². The number of allylic oxidation sites excluding steroid dienone is 1. The zero-order valence-electron chi connectivity index (χ0n) is 15.4. The van der Waals surface area contributed by atoms with Gasteiger partial charge in [-0.25, -0.2) is 8.42 Å². The van der Waals surface area contributed by atoms with E-state index in [1.807, 2.05) is 43.3 Å². The second-order valence-corrected chi connectivity index (χ2v) is 11.2. The van der Waals surface area contributed by atoms with E-state index in [1.165, 1.54) is 0 Å². The highest BCUT2D eigenvalue weighted by Crippen LogP contribution is 2.41. The molecule has 0 aliphatic carbocycles. The maximum atomic E-state index is 12.8. The van der Waals surface area contributed by atoms with E-state index in [0.717, 1.165) is 22.6 Å². The predicted octanol–water partition coefficient (Wildman–Crippen LogP) is 3.74. The minimum atomic E-state index is -3.69. The first-order chi connectivity index (χ1) is 12.8. The molecule has 3 rings (SSSR count). The Hall–Kier alpha value is -1.61. The van der Waals surface area contributed by atoms with E-state index >= 15 is 0 Å². The molecule has 0 saturated heterocycles. The van der Waals surface area contributed by atoms with E-state index in [2.05, 4.69) is 4.72 Å². The maximum absolute atomic E-state index is 12.8. The van der Waals surface area contributed by atoms with Crippen molar-refractivity contribution < 1.29 is 13.0 Å². The lowest BCUT2D eigenvalue weighted by Gasteiger charge is -2.14. The van der Waals surface area contributed by atoms with Crippen molar-refractivity contribution >= 4 is 49.2 Å². The molecule has 2 unspecified atom stereocenters. The summed E-state index contributed by atoms with van der Waals surface area (Å²) in [5.41, 5.74) is 2.34. The van der Waals surface area contributed by atoms with Gasteiger partial charge in [-0.15, -0.1) is 0 Å². The Kier molecular flexibility index (Phi) is 6.10. The molecule has 8 heteroatoms. The molecule has 0 radical (unpaired) electrons. The Balaban J connectivity index is 1.79. The van der Waals surface area contributed by atoms with Gasteiger partial charge < -0.3 is 9.45 Å². The summed E-state index contributed by atoms with van der Waals surface area (Å²) in [6.45, 7) is 0. The average molecular weight is 423 g/mol. The Bertz CT molecular complexity index is 939. The number of hydrogen-bond acceptors (Lipinski definition) is 5. The normalized spacial score (nSPS) is 18.1. The number of rotatable bonds is 6. The van der Waals surface area contributed by atoms with Crippen molar-refractivity contribution in [3.63, 3.8) is 0 Å². The van der Waals surface area contributed by atoms with Crippen molar-refractivity contribution in [2.75, 3.05) is 30.0 Å². The van der Waals surface area contributed by atoms with Crippen LogP contribution in [0.3, 0.4) is 0 Å². The Morgan fingerprint density at radius 3 is 2.48 bits per heavy atom. The first kappa shape index (κ1) is 20.1. The fraction of sp³-hybridized carbons (Fsp3) is 0.263. The first-order valence-corrected chi connectivity index (χ1v) is 12.3. The molecular formula is C19H22N2O3S3. The molecule has 0 spiro atoms. The van der Waals surface area contributed by atoms with E-state index in [1.54, 1.807) is 48.3 Å². The lowest BCUT2D eigenvalue weighted by molar-refractivity contribution is 0.598. The van der Waals surface area contributed by atoms with E-state index < -0.39 is 21.2 Å². The van der Waals surface area contributed by atoms with Crippen LogP contribution in [0.15, 0.2) is 59.5 Å². The van der Waals surface area contributed by atoms with Crippen LogP contribution in [-0.4, -0.2) is 37.9 Å². The number of benzene rings is 2. The predicted molar refractivity (Wildman–Crippen MR) is 116 cm³/mol. The van der Waals surface area contributed by atoms with Crippen LogP contribution in [0.5, 0.6) is 0 Å². The third-order valence-electron chi connectivity index (χ3n) is 4.19. The highest BCUT2D eigenvalue weighted by Gasteiger charge is 2.26. The van der Waals surface area contributed by atoms with Crippen LogP contribution in [0.2, 0.25) is 0 Å². The van der Waals surface area contributed by atoms with Crippen molar-refractivity contribution in [2.24, 2.45) is 0 Å².